The second-order valence-electron chi connectivity index (χ2n) is 15.2. The molecule has 0 N–H and O–H groups in total. The van der Waals surface area contributed by atoms with Gasteiger partial charge in [0, 0.05) is 72.6 Å². The number of nitrogens with zero attached hydrogens (tertiary/aromatic N) is 5. The van der Waals surface area contributed by atoms with Crippen LogP contribution < -0.4 is 20.9 Å². The topological polar surface area (TPSA) is 87.9 Å². The molecule has 9 nitrogen and oxygen atoms in total. The molecule has 9 heteroatoms. The number of rotatable bonds is 9. The fraction of sp³-hybridized carbons (Fsp3) is 0.333. The Bertz CT molecular complexity index is 2520. The van der Waals surface area contributed by atoms with Crippen molar-refractivity contribution in [2.45, 2.75) is 71.4 Å². The molecule has 0 spiro atoms. The molecule has 1 aliphatic carbocycles. The van der Waals surface area contributed by atoms with Crippen LogP contribution in [0.15, 0.2) is 119 Å². The third-order valence-corrected chi connectivity index (χ3v) is 11.8. The van der Waals surface area contributed by atoms with Gasteiger partial charge in [0.1, 0.15) is 0 Å². The van der Waals surface area contributed by atoms with E-state index >= 15 is 0 Å². The van der Waals surface area contributed by atoms with Crippen LogP contribution in [0.5, 0.6) is 0 Å². The second-order valence-corrected chi connectivity index (χ2v) is 15.2. The minimum Gasteiger partial charge on any atom is -0.311 e. The van der Waals surface area contributed by atoms with E-state index in [0.29, 0.717) is 36.1 Å². The van der Waals surface area contributed by atoms with Gasteiger partial charge in [-0.15, -0.1) is 0 Å². The fourth-order valence-electron chi connectivity index (χ4n) is 8.29. The number of aryl methyl sites for hydroxylation is 2. The van der Waals surface area contributed by atoms with Gasteiger partial charge in [-0.25, -0.2) is 0 Å². The van der Waals surface area contributed by atoms with Crippen molar-refractivity contribution < 1.29 is 9.59 Å². The van der Waals surface area contributed by atoms with E-state index < -0.39 is 0 Å². The number of carbonyl (C=O) groups excluding carboxylic acids is 2. The summed E-state index contributed by atoms with van der Waals surface area (Å²) in [6.07, 6.45) is 4.35. The standard InChI is InChI=1S/C26H31N3O2.C22H22N2O2/c1-4-28-15-13-19(14-16-28)22-18-25(30)29(5-2)24-12-11-20(17-23(22)24)26(31)27(3)21-9-7-6-8-10-21;1-3-24-20-12-11-17(23(2)22(26)16-7-5-4-6-8-16)13-19(20)18(14-21(24)25)15-9-10-15/h6-12,17-19H,4-5,13-16H2,1-3H3;4-8,11-15H,3,9-10H2,1-2H3. The van der Waals surface area contributed by atoms with E-state index in [-0.39, 0.29) is 22.9 Å². The maximum Gasteiger partial charge on any atom is 0.258 e. The van der Waals surface area contributed by atoms with E-state index in [4.69, 9.17) is 0 Å². The van der Waals surface area contributed by atoms with Gasteiger partial charge < -0.3 is 23.8 Å². The molecule has 57 heavy (non-hydrogen) atoms. The molecule has 0 bridgehead atoms. The van der Waals surface area contributed by atoms with Crippen LogP contribution in [-0.2, 0) is 13.1 Å². The summed E-state index contributed by atoms with van der Waals surface area (Å²) >= 11 is 0. The SMILES string of the molecule is CCN1CCC(c2cc(=O)n(CC)c3ccc(C(=O)N(C)c4ccccc4)cc23)CC1.CCn1c(=O)cc(C2CC2)c2cc(N(C)C(=O)c3ccccc3)ccc21. The van der Waals surface area contributed by atoms with Crippen LogP contribution in [0.25, 0.3) is 21.8 Å². The average Bonchev–Trinajstić information content (AvgIpc) is 4.11. The molecule has 2 aliphatic rings. The molecule has 2 fully saturated rings. The first-order valence-corrected chi connectivity index (χ1v) is 20.4. The van der Waals surface area contributed by atoms with Gasteiger partial charge in [-0.3, -0.25) is 19.2 Å². The van der Waals surface area contributed by atoms with E-state index in [1.807, 2.05) is 111 Å². The number of hydrogen-bond acceptors (Lipinski definition) is 5. The van der Waals surface area contributed by atoms with Crippen LogP contribution >= 0.6 is 0 Å². The zero-order valence-electron chi connectivity index (χ0n) is 33.8. The summed E-state index contributed by atoms with van der Waals surface area (Å²) < 4.78 is 3.60. The minimum absolute atomic E-state index is 0.0401. The highest BCUT2D eigenvalue weighted by Crippen LogP contribution is 2.43. The number of benzene rings is 4. The van der Waals surface area contributed by atoms with Crippen LogP contribution in [0.4, 0.5) is 11.4 Å². The molecule has 4 aromatic carbocycles. The molecule has 2 amide bonds. The van der Waals surface area contributed by atoms with E-state index in [1.165, 1.54) is 0 Å². The Balaban J connectivity index is 0.000000177. The van der Waals surface area contributed by atoms with Crippen LogP contribution in [0.2, 0.25) is 0 Å². The summed E-state index contributed by atoms with van der Waals surface area (Å²) in [5, 5.41) is 2.11. The number of anilines is 2. The predicted molar refractivity (Wildman–Crippen MR) is 232 cm³/mol. The van der Waals surface area contributed by atoms with Crippen molar-refractivity contribution in [3.8, 4) is 0 Å². The third kappa shape index (κ3) is 8.21. The molecule has 1 saturated carbocycles. The van der Waals surface area contributed by atoms with Gasteiger partial charge in [0.05, 0.1) is 11.0 Å². The first-order valence-electron chi connectivity index (χ1n) is 20.4. The molecular weight excluding hydrogens is 711 g/mol. The molecule has 1 aliphatic heterocycles. The lowest BCUT2D eigenvalue weighted by Crippen LogP contribution is -2.33. The van der Waals surface area contributed by atoms with Gasteiger partial charge in [-0.2, -0.15) is 0 Å². The van der Waals surface area contributed by atoms with Crippen LogP contribution in [-0.4, -0.2) is 59.6 Å². The van der Waals surface area contributed by atoms with Crippen LogP contribution in [0, 0.1) is 0 Å². The fourth-order valence-corrected chi connectivity index (χ4v) is 8.29. The van der Waals surface area contributed by atoms with Gasteiger partial charge in [0.2, 0.25) is 0 Å². The number of fused-ring (bicyclic) bond motifs is 2. The Labute approximate surface area is 334 Å². The zero-order chi connectivity index (χ0) is 40.2. The monoisotopic (exact) mass is 763 g/mol. The molecule has 3 heterocycles. The smallest absolute Gasteiger partial charge is 0.258 e. The van der Waals surface area contributed by atoms with E-state index in [1.54, 1.807) is 39.1 Å². The highest BCUT2D eigenvalue weighted by atomic mass is 16.2. The Morgan fingerprint density at radius 2 is 1.04 bits per heavy atom. The van der Waals surface area contributed by atoms with Crippen molar-refractivity contribution in [3.63, 3.8) is 0 Å². The summed E-state index contributed by atoms with van der Waals surface area (Å²) in [6, 6.07) is 34.3. The van der Waals surface area contributed by atoms with Crippen molar-refractivity contribution in [3.05, 3.63) is 152 Å². The number of piperidine rings is 1. The maximum atomic E-state index is 13.2. The summed E-state index contributed by atoms with van der Waals surface area (Å²) in [6.45, 7) is 10.6. The molecule has 294 valence electrons. The number of carbonyl (C=O) groups is 2. The van der Waals surface area contributed by atoms with Gasteiger partial charge in [0.15, 0.2) is 0 Å². The Morgan fingerprint density at radius 1 is 0.544 bits per heavy atom. The lowest BCUT2D eigenvalue weighted by molar-refractivity contribution is 0.0985. The minimum atomic E-state index is -0.0471. The first-order chi connectivity index (χ1) is 27.6. The number of likely N-dealkylation sites (tertiary alicyclic amines) is 1. The van der Waals surface area contributed by atoms with E-state index in [9.17, 15) is 19.2 Å². The predicted octanol–water partition coefficient (Wildman–Crippen LogP) is 8.67. The summed E-state index contributed by atoms with van der Waals surface area (Å²) in [5.41, 5.74) is 7.20. The van der Waals surface area contributed by atoms with Crippen LogP contribution in [0.3, 0.4) is 0 Å². The molecule has 0 atom stereocenters. The Kier molecular flexibility index (Phi) is 11.9. The quantitative estimate of drug-likeness (QED) is 0.147. The van der Waals surface area contributed by atoms with Crippen LogP contribution in [0.1, 0.15) is 90.1 Å². The zero-order valence-corrected chi connectivity index (χ0v) is 33.8. The van der Waals surface area contributed by atoms with Crippen molar-refractivity contribution in [2.24, 2.45) is 0 Å². The maximum absolute atomic E-state index is 13.2. The van der Waals surface area contributed by atoms with Crippen molar-refractivity contribution >= 4 is 45.0 Å². The van der Waals surface area contributed by atoms with Gasteiger partial charge >= 0.3 is 0 Å². The number of pyridine rings is 2. The molecular formula is C48H53N5O4. The number of hydrogen-bond donors (Lipinski definition) is 0. The first kappa shape index (κ1) is 39.4. The van der Waals surface area contributed by atoms with Gasteiger partial charge in [-0.05, 0) is 143 Å². The highest BCUT2D eigenvalue weighted by Gasteiger charge is 2.28. The van der Waals surface area contributed by atoms with Crippen molar-refractivity contribution in [1.29, 1.82) is 0 Å². The molecule has 8 rings (SSSR count). The number of aromatic nitrogens is 2. The molecule has 6 aromatic rings. The number of amides is 2. The van der Waals surface area contributed by atoms with E-state index in [2.05, 4.69) is 17.9 Å². The van der Waals surface area contributed by atoms with Gasteiger partial charge in [-0.1, -0.05) is 43.3 Å². The van der Waals surface area contributed by atoms with E-state index in [0.717, 1.165) is 89.6 Å². The second kappa shape index (κ2) is 17.1. The normalized spacial score (nSPS) is 14.6. The van der Waals surface area contributed by atoms with Crippen molar-refractivity contribution in [2.75, 3.05) is 43.5 Å². The lowest BCUT2D eigenvalue weighted by Gasteiger charge is -2.32. The molecule has 1 saturated heterocycles. The largest absolute Gasteiger partial charge is 0.311 e. The highest BCUT2D eigenvalue weighted by molar-refractivity contribution is 6.08. The average molecular weight is 764 g/mol. The third-order valence-electron chi connectivity index (χ3n) is 11.8. The Hall–Kier alpha value is -5.80. The molecule has 0 unspecified atom stereocenters. The number of para-hydroxylation sites is 1. The summed E-state index contributed by atoms with van der Waals surface area (Å²) in [5.74, 6) is 0.736. The Morgan fingerprint density at radius 3 is 1.58 bits per heavy atom. The van der Waals surface area contributed by atoms with Gasteiger partial charge in [0.25, 0.3) is 22.9 Å². The lowest BCUT2D eigenvalue weighted by atomic mass is 9.87. The van der Waals surface area contributed by atoms with Crippen molar-refractivity contribution in [1.82, 2.24) is 14.0 Å². The molecule has 0 radical (unpaired) electrons. The summed E-state index contributed by atoms with van der Waals surface area (Å²) in [7, 11) is 3.60. The summed E-state index contributed by atoms with van der Waals surface area (Å²) in [4.78, 5) is 57.1. The molecule has 2 aromatic heterocycles.